The van der Waals surface area contributed by atoms with E-state index in [9.17, 15) is 12.8 Å². The lowest BCUT2D eigenvalue weighted by Crippen LogP contribution is -2.32. The fourth-order valence-corrected chi connectivity index (χ4v) is 5.00. The first-order valence-corrected chi connectivity index (χ1v) is 8.82. The summed E-state index contributed by atoms with van der Waals surface area (Å²) < 4.78 is 40.7. The third kappa shape index (κ3) is 3.09. The van der Waals surface area contributed by atoms with Gasteiger partial charge in [0.15, 0.2) is 0 Å². The maximum absolute atomic E-state index is 13.9. The monoisotopic (exact) mass is 328 g/mol. The van der Waals surface area contributed by atoms with Gasteiger partial charge in [0.1, 0.15) is 10.7 Å². The van der Waals surface area contributed by atoms with Crippen molar-refractivity contribution in [1.29, 1.82) is 0 Å². The van der Waals surface area contributed by atoms with Crippen LogP contribution in [-0.2, 0) is 16.6 Å². The molecule has 7 heteroatoms. The second-order valence-electron chi connectivity index (χ2n) is 4.36. The van der Waals surface area contributed by atoms with Gasteiger partial charge in [0.05, 0.1) is 5.69 Å². The first kappa shape index (κ1) is 15.9. The Morgan fingerprint density at radius 1 is 1.29 bits per heavy atom. The zero-order chi connectivity index (χ0) is 15.5. The van der Waals surface area contributed by atoms with E-state index in [-0.39, 0.29) is 17.1 Å². The molecule has 0 unspecified atom stereocenters. The Kier molecular flexibility index (Phi) is 4.97. The average Bonchev–Trinajstić information content (AvgIpc) is 2.91. The van der Waals surface area contributed by atoms with Gasteiger partial charge in [-0.15, -0.1) is 11.3 Å². The Morgan fingerprint density at radius 3 is 2.62 bits per heavy atom. The van der Waals surface area contributed by atoms with Crippen molar-refractivity contribution in [1.82, 2.24) is 5.32 Å². The van der Waals surface area contributed by atoms with E-state index in [1.807, 2.05) is 0 Å². The van der Waals surface area contributed by atoms with E-state index in [0.717, 1.165) is 4.31 Å². The fourth-order valence-electron chi connectivity index (χ4n) is 2.09. The van der Waals surface area contributed by atoms with E-state index in [0.29, 0.717) is 11.4 Å². The topological polar surface area (TPSA) is 49.4 Å². The molecule has 2 rings (SSSR count). The molecule has 1 heterocycles. The molecule has 0 aliphatic rings. The molecule has 0 aliphatic carbocycles. The molecule has 0 fully saturated rings. The van der Waals surface area contributed by atoms with Crippen LogP contribution in [0.3, 0.4) is 0 Å². The zero-order valence-corrected chi connectivity index (χ0v) is 13.5. The Bertz CT molecular complexity index is 713. The second-order valence-corrected chi connectivity index (χ2v) is 7.19. The van der Waals surface area contributed by atoms with Gasteiger partial charge in [0, 0.05) is 18.0 Å². The molecule has 0 saturated heterocycles. The summed E-state index contributed by atoms with van der Waals surface area (Å²) in [5, 5.41) is 4.67. The Balaban J connectivity index is 2.50. The van der Waals surface area contributed by atoms with Gasteiger partial charge in [-0.2, -0.15) is 0 Å². The van der Waals surface area contributed by atoms with Gasteiger partial charge in [0.2, 0.25) is 0 Å². The minimum absolute atomic E-state index is 0.0709. The minimum atomic E-state index is -3.77. The van der Waals surface area contributed by atoms with Crippen LogP contribution >= 0.6 is 11.3 Å². The summed E-state index contributed by atoms with van der Waals surface area (Å²) in [6, 6.07) is 7.46. The van der Waals surface area contributed by atoms with E-state index in [2.05, 4.69) is 5.32 Å². The van der Waals surface area contributed by atoms with Crippen LogP contribution < -0.4 is 9.62 Å². The number of nitrogens with zero attached hydrogens (tertiary/aromatic N) is 1. The van der Waals surface area contributed by atoms with Crippen LogP contribution in [-0.4, -0.2) is 22.0 Å². The van der Waals surface area contributed by atoms with Crippen LogP contribution in [0.1, 0.15) is 11.8 Å². The van der Waals surface area contributed by atoms with Crippen molar-refractivity contribution in [2.24, 2.45) is 0 Å². The maximum atomic E-state index is 13.9. The molecule has 1 aromatic carbocycles. The van der Waals surface area contributed by atoms with E-state index in [1.165, 1.54) is 29.5 Å². The molecule has 0 radical (unpaired) electrons. The van der Waals surface area contributed by atoms with Gasteiger partial charge in [-0.1, -0.05) is 12.1 Å². The van der Waals surface area contributed by atoms with Crippen molar-refractivity contribution in [3.63, 3.8) is 0 Å². The van der Waals surface area contributed by atoms with Crippen molar-refractivity contribution in [2.75, 3.05) is 17.9 Å². The van der Waals surface area contributed by atoms with Crippen molar-refractivity contribution in [3.05, 3.63) is 46.4 Å². The number of halogens is 1. The lowest BCUT2D eigenvalue weighted by atomic mass is 10.3. The Labute approximate surface area is 128 Å². The molecule has 0 spiro atoms. The van der Waals surface area contributed by atoms with Gasteiger partial charge < -0.3 is 5.32 Å². The fraction of sp³-hybridized carbons (Fsp3) is 0.286. The highest BCUT2D eigenvalue weighted by Gasteiger charge is 2.28. The maximum Gasteiger partial charge on any atom is 0.265 e. The highest BCUT2D eigenvalue weighted by atomic mass is 32.2. The zero-order valence-electron chi connectivity index (χ0n) is 11.8. The molecule has 0 bridgehead atoms. The molecular weight excluding hydrogens is 311 g/mol. The molecule has 0 amide bonds. The van der Waals surface area contributed by atoms with Gasteiger partial charge in [-0.05, 0) is 37.6 Å². The second kappa shape index (κ2) is 6.55. The average molecular weight is 328 g/mol. The number of benzene rings is 1. The summed E-state index contributed by atoms with van der Waals surface area (Å²) in [5.74, 6) is -0.548. The third-order valence-corrected chi connectivity index (χ3v) is 6.04. The SMILES string of the molecule is CCN(c1ccccc1F)S(=O)(=O)c1ccsc1CNC. The van der Waals surface area contributed by atoms with Gasteiger partial charge in [-0.3, -0.25) is 4.31 Å². The summed E-state index contributed by atoms with van der Waals surface area (Å²) in [6.45, 7) is 2.31. The Hall–Kier alpha value is -1.44. The number of hydrogen-bond acceptors (Lipinski definition) is 4. The number of thiophene rings is 1. The number of para-hydroxylation sites is 1. The van der Waals surface area contributed by atoms with Crippen LogP contribution in [0.4, 0.5) is 10.1 Å². The largest absolute Gasteiger partial charge is 0.315 e. The number of sulfonamides is 1. The predicted octanol–water partition coefficient (Wildman–Crippen LogP) is 2.82. The van der Waals surface area contributed by atoms with Crippen LogP contribution in [0.2, 0.25) is 0 Å². The van der Waals surface area contributed by atoms with Crippen LogP contribution in [0, 0.1) is 5.82 Å². The van der Waals surface area contributed by atoms with E-state index >= 15 is 0 Å². The molecular formula is C14H17FN2O2S2. The van der Waals surface area contributed by atoms with E-state index in [1.54, 1.807) is 31.5 Å². The molecule has 0 atom stereocenters. The smallest absolute Gasteiger partial charge is 0.265 e. The van der Waals surface area contributed by atoms with Crippen molar-refractivity contribution in [3.8, 4) is 0 Å². The number of rotatable bonds is 6. The Morgan fingerprint density at radius 2 is 2.00 bits per heavy atom. The van der Waals surface area contributed by atoms with Crippen molar-refractivity contribution < 1.29 is 12.8 Å². The van der Waals surface area contributed by atoms with Gasteiger partial charge in [0.25, 0.3) is 10.0 Å². The summed E-state index contributed by atoms with van der Waals surface area (Å²) in [4.78, 5) is 0.944. The van der Waals surface area contributed by atoms with Crippen LogP contribution in [0.25, 0.3) is 0 Å². The number of nitrogens with one attached hydrogen (secondary N) is 1. The lowest BCUT2D eigenvalue weighted by molar-refractivity contribution is 0.585. The van der Waals surface area contributed by atoms with Gasteiger partial charge >= 0.3 is 0 Å². The minimum Gasteiger partial charge on any atom is -0.315 e. The van der Waals surface area contributed by atoms with Crippen LogP contribution in [0.5, 0.6) is 0 Å². The van der Waals surface area contributed by atoms with Crippen molar-refractivity contribution in [2.45, 2.75) is 18.4 Å². The normalized spacial score (nSPS) is 11.6. The molecule has 1 N–H and O–H groups in total. The number of anilines is 1. The van der Waals surface area contributed by atoms with Crippen LogP contribution in [0.15, 0.2) is 40.6 Å². The molecule has 21 heavy (non-hydrogen) atoms. The molecule has 114 valence electrons. The third-order valence-electron chi connectivity index (χ3n) is 3.02. The summed E-state index contributed by atoms with van der Waals surface area (Å²) in [7, 11) is -2.02. The van der Waals surface area contributed by atoms with Gasteiger partial charge in [-0.25, -0.2) is 12.8 Å². The molecule has 0 aliphatic heterocycles. The molecule has 1 aromatic heterocycles. The lowest BCUT2D eigenvalue weighted by Gasteiger charge is -2.23. The molecule has 2 aromatic rings. The highest BCUT2D eigenvalue weighted by molar-refractivity contribution is 7.93. The first-order valence-electron chi connectivity index (χ1n) is 6.50. The van der Waals surface area contributed by atoms with E-state index < -0.39 is 15.8 Å². The summed E-state index contributed by atoms with van der Waals surface area (Å²) in [5.41, 5.74) is 0.0709. The predicted molar refractivity (Wildman–Crippen MR) is 83.7 cm³/mol. The quantitative estimate of drug-likeness (QED) is 0.887. The highest BCUT2D eigenvalue weighted by Crippen LogP contribution is 2.30. The standard InChI is InChI=1S/C14H17FN2O2S2/c1-3-17(12-7-5-4-6-11(12)15)21(18,19)14-8-9-20-13(14)10-16-2/h4-9,16H,3,10H2,1-2H3. The molecule has 0 saturated carbocycles. The first-order chi connectivity index (χ1) is 10.0. The summed E-state index contributed by atoms with van der Waals surface area (Å²) in [6.07, 6.45) is 0. The van der Waals surface area contributed by atoms with E-state index in [4.69, 9.17) is 0 Å². The number of hydrogen-bond donors (Lipinski definition) is 1. The summed E-state index contributed by atoms with van der Waals surface area (Å²) >= 11 is 1.37. The molecule has 4 nitrogen and oxygen atoms in total. The van der Waals surface area contributed by atoms with Crippen molar-refractivity contribution >= 4 is 27.0 Å².